The molecule has 3 rings (SSSR count). The van der Waals surface area contributed by atoms with E-state index in [1.165, 1.54) is 12.0 Å². The molecule has 1 aromatic carbocycles. The van der Waals surface area contributed by atoms with Gasteiger partial charge in [-0.05, 0) is 19.9 Å². The van der Waals surface area contributed by atoms with Crippen LogP contribution < -0.4 is 10.1 Å². The van der Waals surface area contributed by atoms with E-state index in [9.17, 15) is 4.79 Å². The second kappa shape index (κ2) is 6.83. The van der Waals surface area contributed by atoms with Gasteiger partial charge in [0.1, 0.15) is 11.9 Å². The first kappa shape index (κ1) is 15.6. The molecule has 0 saturated carbocycles. The number of ether oxygens (including phenoxy) is 1. The number of rotatable bonds is 4. The molecule has 6 nitrogen and oxygen atoms in total. The fourth-order valence-corrected chi connectivity index (χ4v) is 2.77. The van der Waals surface area contributed by atoms with Gasteiger partial charge in [-0.2, -0.15) is 0 Å². The van der Waals surface area contributed by atoms with Crippen LogP contribution in [0.2, 0.25) is 0 Å². The van der Waals surface area contributed by atoms with E-state index < -0.39 is 0 Å². The summed E-state index contributed by atoms with van der Waals surface area (Å²) in [5.74, 6) is 1.01. The van der Waals surface area contributed by atoms with Gasteiger partial charge < -0.3 is 14.5 Å². The van der Waals surface area contributed by atoms with Crippen molar-refractivity contribution in [3.8, 4) is 5.75 Å². The maximum absolute atomic E-state index is 12.0. The molecule has 1 atom stereocenters. The first-order valence-corrected chi connectivity index (χ1v) is 7.78. The van der Waals surface area contributed by atoms with Crippen LogP contribution in [0.15, 0.2) is 35.1 Å². The molecular weight excluding hydrogens is 294 g/mol. The number of nitrogens with zero attached hydrogens (tertiary/aromatic N) is 2. The molecule has 0 saturated heterocycles. The SMILES string of the molecule is Cc1ncoc1C(=O)NCCN1Cc2ccccc2O[C@H](C)C1. The topological polar surface area (TPSA) is 67.6 Å². The van der Waals surface area contributed by atoms with E-state index in [1.807, 2.05) is 18.2 Å². The summed E-state index contributed by atoms with van der Waals surface area (Å²) in [4.78, 5) is 18.2. The Bertz CT molecular complexity index is 683. The average Bonchev–Trinajstić information content (AvgIpc) is 2.87. The fourth-order valence-electron chi connectivity index (χ4n) is 2.77. The Balaban J connectivity index is 1.56. The number of amides is 1. The minimum Gasteiger partial charge on any atom is -0.489 e. The molecule has 0 unspecified atom stereocenters. The number of aryl methyl sites for hydroxylation is 1. The summed E-state index contributed by atoms with van der Waals surface area (Å²) in [6, 6.07) is 8.09. The number of carbonyl (C=O) groups excluding carboxylic acids is 1. The monoisotopic (exact) mass is 315 g/mol. The maximum atomic E-state index is 12.0. The molecule has 0 fully saturated rings. The summed E-state index contributed by atoms with van der Waals surface area (Å²) in [6.07, 6.45) is 1.40. The van der Waals surface area contributed by atoms with Crippen molar-refractivity contribution in [2.75, 3.05) is 19.6 Å². The normalized spacial score (nSPS) is 17.9. The first-order valence-electron chi connectivity index (χ1n) is 7.78. The Labute approximate surface area is 135 Å². The number of hydrogen-bond donors (Lipinski definition) is 1. The van der Waals surface area contributed by atoms with Gasteiger partial charge in [-0.15, -0.1) is 0 Å². The first-order chi connectivity index (χ1) is 11.1. The Morgan fingerprint density at radius 1 is 1.43 bits per heavy atom. The van der Waals surface area contributed by atoms with Crippen LogP contribution in [0.1, 0.15) is 28.7 Å². The molecule has 23 heavy (non-hydrogen) atoms. The standard InChI is InChI=1S/C17H21N3O3/c1-12-9-20(10-14-5-3-4-6-15(14)23-12)8-7-18-17(21)16-13(2)19-11-22-16/h3-6,11-12H,7-10H2,1-2H3,(H,18,21)/t12-/m1/s1. The van der Waals surface area contributed by atoms with Gasteiger partial charge in [0.05, 0.1) is 5.69 Å². The van der Waals surface area contributed by atoms with E-state index >= 15 is 0 Å². The number of hydrogen-bond acceptors (Lipinski definition) is 5. The molecule has 0 radical (unpaired) electrons. The van der Waals surface area contributed by atoms with E-state index in [-0.39, 0.29) is 17.8 Å². The summed E-state index contributed by atoms with van der Waals surface area (Å²) >= 11 is 0. The van der Waals surface area contributed by atoms with Crippen LogP contribution in [0.3, 0.4) is 0 Å². The van der Waals surface area contributed by atoms with Gasteiger partial charge in [0.25, 0.3) is 5.91 Å². The van der Waals surface area contributed by atoms with Crippen molar-refractivity contribution in [3.05, 3.63) is 47.7 Å². The Morgan fingerprint density at radius 3 is 3.04 bits per heavy atom. The highest BCUT2D eigenvalue weighted by atomic mass is 16.5. The predicted octanol–water partition coefficient (Wildman–Crippen LogP) is 2.00. The summed E-state index contributed by atoms with van der Waals surface area (Å²) < 4.78 is 11.0. The van der Waals surface area contributed by atoms with Crippen molar-refractivity contribution in [1.82, 2.24) is 15.2 Å². The molecule has 122 valence electrons. The zero-order chi connectivity index (χ0) is 16.2. The van der Waals surface area contributed by atoms with Gasteiger partial charge >= 0.3 is 0 Å². The number of carbonyl (C=O) groups is 1. The van der Waals surface area contributed by atoms with Gasteiger partial charge in [0, 0.05) is 31.7 Å². The van der Waals surface area contributed by atoms with Crippen molar-refractivity contribution < 1.29 is 13.9 Å². The van der Waals surface area contributed by atoms with Crippen LogP contribution in [-0.4, -0.2) is 41.5 Å². The van der Waals surface area contributed by atoms with E-state index in [4.69, 9.17) is 9.15 Å². The molecule has 1 aliphatic heterocycles. The van der Waals surface area contributed by atoms with Crippen LogP contribution in [-0.2, 0) is 6.54 Å². The number of benzene rings is 1. The number of aromatic nitrogens is 1. The lowest BCUT2D eigenvalue weighted by Gasteiger charge is -2.21. The Kier molecular flexibility index (Phi) is 4.62. The number of nitrogens with one attached hydrogen (secondary N) is 1. The van der Waals surface area contributed by atoms with Crippen molar-refractivity contribution in [2.24, 2.45) is 0 Å². The highest BCUT2D eigenvalue weighted by Crippen LogP contribution is 2.24. The third kappa shape index (κ3) is 3.71. The summed E-state index contributed by atoms with van der Waals surface area (Å²) in [7, 11) is 0. The molecule has 2 heterocycles. The van der Waals surface area contributed by atoms with Gasteiger partial charge in [0.15, 0.2) is 6.39 Å². The summed E-state index contributed by atoms with van der Waals surface area (Å²) in [5.41, 5.74) is 1.78. The highest BCUT2D eigenvalue weighted by molar-refractivity contribution is 5.92. The molecule has 1 N–H and O–H groups in total. The lowest BCUT2D eigenvalue weighted by Crippen LogP contribution is -2.37. The lowest BCUT2D eigenvalue weighted by molar-refractivity contribution is 0.0916. The van der Waals surface area contributed by atoms with Gasteiger partial charge in [-0.1, -0.05) is 18.2 Å². The van der Waals surface area contributed by atoms with Crippen molar-refractivity contribution >= 4 is 5.91 Å². The largest absolute Gasteiger partial charge is 0.489 e. The molecule has 6 heteroatoms. The average molecular weight is 315 g/mol. The number of fused-ring (bicyclic) bond motifs is 1. The van der Waals surface area contributed by atoms with Crippen LogP contribution in [0.25, 0.3) is 0 Å². The Morgan fingerprint density at radius 2 is 2.26 bits per heavy atom. The molecule has 0 aliphatic carbocycles. The molecular formula is C17H21N3O3. The second-order valence-corrected chi connectivity index (χ2v) is 5.79. The van der Waals surface area contributed by atoms with Crippen LogP contribution in [0, 0.1) is 6.92 Å². The summed E-state index contributed by atoms with van der Waals surface area (Å²) in [5, 5.41) is 2.88. The van der Waals surface area contributed by atoms with Crippen molar-refractivity contribution in [3.63, 3.8) is 0 Å². The van der Waals surface area contributed by atoms with Gasteiger partial charge in [-0.3, -0.25) is 9.69 Å². The van der Waals surface area contributed by atoms with E-state index in [0.717, 1.165) is 25.4 Å². The molecule has 1 aliphatic rings. The van der Waals surface area contributed by atoms with Crippen molar-refractivity contribution in [2.45, 2.75) is 26.5 Å². The minimum absolute atomic E-state index is 0.117. The zero-order valence-corrected chi connectivity index (χ0v) is 13.4. The number of oxazole rings is 1. The molecule has 2 aromatic rings. The maximum Gasteiger partial charge on any atom is 0.289 e. The third-order valence-electron chi connectivity index (χ3n) is 3.88. The fraction of sp³-hybridized carbons (Fsp3) is 0.412. The van der Waals surface area contributed by atoms with Crippen LogP contribution in [0.4, 0.5) is 0 Å². The smallest absolute Gasteiger partial charge is 0.289 e. The molecule has 0 bridgehead atoms. The van der Waals surface area contributed by atoms with Gasteiger partial charge in [0.2, 0.25) is 5.76 Å². The minimum atomic E-state index is -0.223. The van der Waals surface area contributed by atoms with Crippen LogP contribution >= 0.6 is 0 Å². The zero-order valence-electron chi connectivity index (χ0n) is 13.4. The molecule has 1 aromatic heterocycles. The van der Waals surface area contributed by atoms with E-state index in [2.05, 4.69) is 28.2 Å². The van der Waals surface area contributed by atoms with Crippen molar-refractivity contribution in [1.29, 1.82) is 0 Å². The third-order valence-corrected chi connectivity index (χ3v) is 3.88. The number of para-hydroxylation sites is 1. The van der Waals surface area contributed by atoms with E-state index in [1.54, 1.807) is 6.92 Å². The second-order valence-electron chi connectivity index (χ2n) is 5.79. The molecule has 0 spiro atoms. The quantitative estimate of drug-likeness (QED) is 0.934. The predicted molar refractivity (Wildman–Crippen MR) is 85.4 cm³/mol. The van der Waals surface area contributed by atoms with Crippen LogP contribution in [0.5, 0.6) is 5.75 Å². The van der Waals surface area contributed by atoms with E-state index in [0.29, 0.717) is 12.2 Å². The summed E-state index contributed by atoms with van der Waals surface area (Å²) in [6.45, 7) is 6.76. The van der Waals surface area contributed by atoms with Gasteiger partial charge in [-0.25, -0.2) is 4.98 Å². The molecule has 1 amide bonds. The lowest BCUT2D eigenvalue weighted by atomic mass is 10.2. The highest BCUT2D eigenvalue weighted by Gasteiger charge is 2.20. The Hall–Kier alpha value is -2.34.